The Morgan fingerprint density at radius 1 is 1.26 bits per heavy atom. The highest BCUT2D eigenvalue weighted by Gasteiger charge is 2.21. The van der Waals surface area contributed by atoms with Crippen LogP contribution in [-0.4, -0.2) is 37.6 Å². The lowest BCUT2D eigenvalue weighted by molar-refractivity contribution is -0.131. The van der Waals surface area contributed by atoms with Crippen LogP contribution in [0.25, 0.3) is 0 Å². The van der Waals surface area contributed by atoms with Crippen LogP contribution in [0.4, 0.5) is 0 Å². The summed E-state index contributed by atoms with van der Waals surface area (Å²) in [6, 6.07) is 4.16. The van der Waals surface area contributed by atoms with Gasteiger partial charge in [-0.05, 0) is 55.5 Å². The van der Waals surface area contributed by atoms with Crippen LogP contribution < -0.4 is 10.5 Å². The molecule has 0 spiro atoms. The predicted octanol–water partition coefficient (Wildman–Crippen LogP) is 3.25. The van der Waals surface area contributed by atoms with Crippen molar-refractivity contribution in [1.29, 1.82) is 0 Å². The summed E-state index contributed by atoms with van der Waals surface area (Å²) in [4.78, 5) is 13.9. The summed E-state index contributed by atoms with van der Waals surface area (Å²) in [6.07, 6.45) is 0.379. The summed E-state index contributed by atoms with van der Waals surface area (Å²) in [5.74, 6) is 0.957. The molecule has 1 aromatic rings. The molecule has 0 unspecified atom stereocenters. The van der Waals surface area contributed by atoms with Crippen molar-refractivity contribution in [3.63, 3.8) is 0 Å². The molecule has 0 aromatic heterocycles. The summed E-state index contributed by atoms with van der Waals surface area (Å²) in [5, 5.41) is 0. The van der Waals surface area contributed by atoms with Crippen LogP contribution in [-0.2, 0) is 4.79 Å². The molecule has 1 amide bonds. The number of aryl methyl sites for hydroxylation is 2. The minimum absolute atomic E-state index is 0. The van der Waals surface area contributed by atoms with Gasteiger partial charge in [-0.2, -0.15) is 0 Å². The maximum Gasteiger partial charge on any atom is 0.225 e. The van der Waals surface area contributed by atoms with E-state index in [1.807, 2.05) is 27.0 Å². The minimum Gasteiger partial charge on any atom is -0.493 e. The second-order valence-electron chi connectivity index (χ2n) is 6.92. The van der Waals surface area contributed by atoms with Gasteiger partial charge in [-0.1, -0.05) is 19.9 Å². The Bertz CT molecular complexity index is 530. The molecule has 0 saturated heterocycles. The molecule has 4 nitrogen and oxygen atoms in total. The molecule has 0 bridgehead atoms. The number of hydrogen-bond acceptors (Lipinski definition) is 3. The first-order valence-corrected chi connectivity index (χ1v) is 7.81. The number of rotatable bonds is 7. The topological polar surface area (TPSA) is 55.6 Å². The standard InChI is InChI=1S/C18H30N2O2.ClH/c1-13-9-14(2)15(3)16(10-13)22-8-7-17(21)20(6)12-18(4,5)11-19;/h9-10H,7-8,11-12,19H2,1-6H3;1H. The molecular formula is C18H31ClN2O2. The number of hydrogen-bond donors (Lipinski definition) is 1. The van der Waals surface area contributed by atoms with Crippen LogP contribution in [0.15, 0.2) is 12.1 Å². The summed E-state index contributed by atoms with van der Waals surface area (Å²) in [6.45, 7) is 11.9. The number of halogens is 1. The van der Waals surface area contributed by atoms with Gasteiger partial charge in [0, 0.05) is 13.6 Å². The van der Waals surface area contributed by atoms with Crippen LogP contribution in [0.2, 0.25) is 0 Å². The smallest absolute Gasteiger partial charge is 0.225 e. The van der Waals surface area contributed by atoms with Crippen molar-refractivity contribution in [1.82, 2.24) is 4.90 Å². The number of carbonyl (C=O) groups is 1. The number of nitrogens with two attached hydrogens (primary N) is 1. The Balaban J connectivity index is 0.00000484. The maximum atomic E-state index is 12.2. The fourth-order valence-electron chi connectivity index (χ4n) is 2.38. The summed E-state index contributed by atoms with van der Waals surface area (Å²) >= 11 is 0. The lowest BCUT2D eigenvalue weighted by Gasteiger charge is -2.29. The lowest BCUT2D eigenvalue weighted by atomic mass is 9.93. The highest BCUT2D eigenvalue weighted by atomic mass is 35.5. The number of carbonyl (C=O) groups excluding carboxylic acids is 1. The third kappa shape index (κ3) is 6.80. The lowest BCUT2D eigenvalue weighted by Crippen LogP contribution is -2.40. The Morgan fingerprint density at radius 3 is 2.43 bits per heavy atom. The third-order valence-corrected chi connectivity index (χ3v) is 3.98. The van der Waals surface area contributed by atoms with Gasteiger partial charge >= 0.3 is 0 Å². The highest BCUT2D eigenvalue weighted by Crippen LogP contribution is 2.23. The first-order chi connectivity index (χ1) is 10.2. The van der Waals surface area contributed by atoms with Gasteiger partial charge in [-0.3, -0.25) is 4.79 Å². The van der Waals surface area contributed by atoms with E-state index < -0.39 is 0 Å². The van der Waals surface area contributed by atoms with E-state index in [4.69, 9.17) is 10.5 Å². The average molecular weight is 343 g/mol. The fraction of sp³-hybridized carbons (Fsp3) is 0.611. The van der Waals surface area contributed by atoms with Gasteiger partial charge in [0.2, 0.25) is 5.91 Å². The van der Waals surface area contributed by atoms with Crippen molar-refractivity contribution in [2.24, 2.45) is 11.1 Å². The quantitative estimate of drug-likeness (QED) is 0.827. The minimum atomic E-state index is -0.0600. The SMILES string of the molecule is Cc1cc(C)c(C)c(OCCC(=O)N(C)CC(C)(C)CN)c1.Cl. The molecule has 0 aliphatic rings. The molecule has 0 heterocycles. The molecule has 0 saturated carbocycles. The van der Waals surface area contributed by atoms with Crippen molar-refractivity contribution in [3.05, 3.63) is 28.8 Å². The monoisotopic (exact) mass is 342 g/mol. The number of ether oxygens (including phenoxy) is 1. The molecule has 0 aliphatic heterocycles. The summed E-state index contributed by atoms with van der Waals surface area (Å²) in [7, 11) is 1.82. The molecule has 0 fully saturated rings. The Labute approximate surface area is 146 Å². The summed E-state index contributed by atoms with van der Waals surface area (Å²) in [5.41, 5.74) is 9.17. The second kappa shape index (κ2) is 9.14. The van der Waals surface area contributed by atoms with E-state index in [9.17, 15) is 4.79 Å². The van der Waals surface area contributed by atoms with Crippen LogP contribution in [0.3, 0.4) is 0 Å². The highest BCUT2D eigenvalue weighted by molar-refractivity contribution is 5.85. The number of amides is 1. The van der Waals surface area contributed by atoms with Crippen LogP contribution >= 0.6 is 12.4 Å². The van der Waals surface area contributed by atoms with Crippen molar-refractivity contribution in [2.45, 2.75) is 41.0 Å². The van der Waals surface area contributed by atoms with E-state index in [1.165, 1.54) is 11.1 Å². The molecular weight excluding hydrogens is 312 g/mol. The van der Waals surface area contributed by atoms with Crippen molar-refractivity contribution >= 4 is 18.3 Å². The first-order valence-electron chi connectivity index (χ1n) is 7.81. The van der Waals surface area contributed by atoms with Gasteiger partial charge in [0.1, 0.15) is 5.75 Å². The van der Waals surface area contributed by atoms with Gasteiger partial charge in [0.25, 0.3) is 0 Å². The zero-order chi connectivity index (χ0) is 16.9. The molecule has 1 aromatic carbocycles. The molecule has 0 radical (unpaired) electrons. The summed E-state index contributed by atoms with van der Waals surface area (Å²) < 4.78 is 5.80. The Hall–Kier alpha value is -1.26. The Morgan fingerprint density at radius 2 is 1.87 bits per heavy atom. The zero-order valence-electron chi connectivity index (χ0n) is 15.2. The molecule has 2 N–H and O–H groups in total. The molecule has 5 heteroatoms. The van der Waals surface area contributed by atoms with Gasteiger partial charge in [0.05, 0.1) is 13.0 Å². The number of benzene rings is 1. The van der Waals surface area contributed by atoms with E-state index in [1.54, 1.807) is 4.90 Å². The van der Waals surface area contributed by atoms with E-state index in [-0.39, 0.29) is 23.7 Å². The number of nitrogens with zero attached hydrogens (tertiary/aromatic N) is 1. The van der Waals surface area contributed by atoms with E-state index in [0.29, 0.717) is 26.1 Å². The van der Waals surface area contributed by atoms with Crippen molar-refractivity contribution in [3.8, 4) is 5.75 Å². The van der Waals surface area contributed by atoms with Gasteiger partial charge in [-0.25, -0.2) is 0 Å². The largest absolute Gasteiger partial charge is 0.493 e. The fourth-order valence-corrected chi connectivity index (χ4v) is 2.38. The first kappa shape index (κ1) is 21.7. The second-order valence-corrected chi connectivity index (χ2v) is 6.92. The van der Waals surface area contributed by atoms with Crippen molar-refractivity contribution in [2.75, 3.05) is 26.7 Å². The average Bonchev–Trinajstić information content (AvgIpc) is 2.43. The van der Waals surface area contributed by atoms with Crippen LogP contribution in [0, 0.1) is 26.2 Å². The van der Waals surface area contributed by atoms with Crippen LogP contribution in [0.1, 0.15) is 37.0 Å². The maximum absolute atomic E-state index is 12.2. The molecule has 23 heavy (non-hydrogen) atoms. The predicted molar refractivity (Wildman–Crippen MR) is 98.5 cm³/mol. The van der Waals surface area contributed by atoms with Gasteiger partial charge in [-0.15, -0.1) is 12.4 Å². The van der Waals surface area contributed by atoms with Crippen molar-refractivity contribution < 1.29 is 9.53 Å². The van der Waals surface area contributed by atoms with E-state index >= 15 is 0 Å². The molecule has 0 aliphatic carbocycles. The van der Waals surface area contributed by atoms with E-state index in [0.717, 1.165) is 11.3 Å². The normalized spacial score (nSPS) is 10.9. The molecule has 132 valence electrons. The molecule has 1 rings (SSSR count). The third-order valence-electron chi connectivity index (χ3n) is 3.98. The molecule has 0 atom stereocenters. The Kier molecular flexibility index (Phi) is 8.64. The van der Waals surface area contributed by atoms with Crippen LogP contribution in [0.5, 0.6) is 5.75 Å². The zero-order valence-corrected chi connectivity index (χ0v) is 16.0. The van der Waals surface area contributed by atoms with Gasteiger partial charge < -0.3 is 15.4 Å². The van der Waals surface area contributed by atoms with E-state index in [2.05, 4.69) is 26.8 Å². The van der Waals surface area contributed by atoms with Gasteiger partial charge in [0.15, 0.2) is 0 Å².